The lowest BCUT2D eigenvalue weighted by Crippen LogP contribution is -2.40. The Morgan fingerprint density at radius 2 is 1.46 bits per heavy atom. The molecular formula is C35H40N4O7S2. The minimum atomic E-state index is -4.02. The van der Waals surface area contributed by atoms with Crippen molar-refractivity contribution in [2.45, 2.75) is 56.4 Å². The normalized spacial score (nSPS) is 12.2. The smallest absolute Gasteiger partial charge is 0.328 e. The van der Waals surface area contributed by atoms with Crippen LogP contribution in [0.3, 0.4) is 0 Å². The Hall–Kier alpha value is -4.56. The summed E-state index contributed by atoms with van der Waals surface area (Å²) < 4.78 is 63.9. The number of carbonyl (C=O) groups excluding carboxylic acids is 1. The summed E-state index contributed by atoms with van der Waals surface area (Å²) in [5, 5.41) is 2.62. The van der Waals surface area contributed by atoms with Crippen LogP contribution in [0.1, 0.15) is 48.0 Å². The van der Waals surface area contributed by atoms with Crippen molar-refractivity contribution in [2.75, 3.05) is 13.7 Å². The molecule has 2 amide bonds. The van der Waals surface area contributed by atoms with Gasteiger partial charge in [0.1, 0.15) is 5.82 Å². The number of rotatable bonds is 10. The van der Waals surface area contributed by atoms with Gasteiger partial charge in [0.15, 0.2) is 0 Å². The zero-order chi connectivity index (χ0) is 35.1. The molecular weight excluding hydrogens is 653 g/mol. The van der Waals surface area contributed by atoms with Gasteiger partial charge in [0.05, 0.1) is 26.9 Å². The Kier molecular flexibility index (Phi) is 11.8. The first kappa shape index (κ1) is 36.3. The second kappa shape index (κ2) is 15.6. The van der Waals surface area contributed by atoms with Gasteiger partial charge < -0.3 is 10.1 Å². The summed E-state index contributed by atoms with van der Waals surface area (Å²) in [4.78, 5) is 17.0. The summed E-state index contributed by atoms with van der Waals surface area (Å²) in [5.41, 5.74) is 6.96. The number of aromatic nitrogens is 2. The van der Waals surface area contributed by atoms with Gasteiger partial charge in [0.2, 0.25) is 0 Å². The number of methoxy groups -OCH3 is 1. The molecule has 0 aliphatic rings. The maximum absolute atomic E-state index is 12.4. The quantitative estimate of drug-likeness (QED) is 0.149. The molecule has 3 N–H and O–H groups in total. The highest BCUT2D eigenvalue weighted by Gasteiger charge is 2.17. The maximum Gasteiger partial charge on any atom is 0.328 e. The zero-order valence-corrected chi connectivity index (χ0v) is 29.1. The number of ether oxygens (including phenoxy) is 1. The third kappa shape index (κ3) is 9.28. The van der Waals surface area contributed by atoms with E-state index in [1.54, 1.807) is 31.4 Å². The molecule has 0 fully saturated rings. The number of aryl methyl sites for hydroxylation is 3. The lowest BCUT2D eigenvalue weighted by molar-refractivity contribution is 0.119. The predicted molar refractivity (Wildman–Crippen MR) is 185 cm³/mol. The molecule has 254 valence electrons. The SMILES string of the molecule is CCc1nc2cc(C(C)OC)ccc2n1-c1ccc(CCNC(=O)NS(=O)(=O)c2ccc(C)cc2)cc1.Cc1ccc(S(=O)(=O)O)cc1. The molecule has 48 heavy (non-hydrogen) atoms. The van der Waals surface area contributed by atoms with Crippen LogP contribution in [0.5, 0.6) is 0 Å². The van der Waals surface area contributed by atoms with Gasteiger partial charge in [-0.2, -0.15) is 8.42 Å². The molecule has 13 heteroatoms. The van der Waals surface area contributed by atoms with Crippen molar-refractivity contribution >= 4 is 37.2 Å². The van der Waals surface area contributed by atoms with E-state index in [0.717, 1.165) is 51.2 Å². The van der Waals surface area contributed by atoms with Gasteiger partial charge in [-0.15, -0.1) is 0 Å². The summed E-state index contributed by atoms with van der Waals surface area (Å²) in [6.07, 6.45) is 1.34. The first-order valence-corrected chi connectivity index (χ1v) is 18.2. The number of nitrogens with one attached hydrogen (secondary N) is 2. The highest BCUT2D eigenvalue weighted by Crippen LogP contribution is 2.26. The van der Waals surface area contributed by atoms with Gasteiger partial charge in [-0.3, -0.25) is 9.12 Å². The number of hydrogen-bond acceptors (Lipinski definition) is 7. The van der Waals surface area contributed by atoms with E-state index in [9.17, 15) is 21.6 Å². The standard InChI is InChI=1S/C28H32N4O4S.C7H8O3S/c1-5-27-30-25-18-22(20(3)36-4)10-15-26(25)32(27)23-11-8-21(9-12-23)16-17-29-28(33)31-37(34,35)24-13-6-19(2)7-14-24;1-6-2-4-7(5-3-6)11(8,9)10/h6-15,18,20H,5,16-17H2,1-4H3,(H2,29,31,33);2-5H,1H3,(H,8,9,10). The number of benzene rings is 4. The second-order valence-corrected chi connectivity index (χ2v) is 14.3. The van der Waals surface area contributed by atoms with E-state index >= 15 is 0 Å². The van der Waals surface area contributed by atoms with E-state index in [0.29, 0.717) is 13.0 Å². The molecule has 4 aromatic carbocycles. The first-order chi connectivity index (χ1) is 22.7. The molecule has 0 spiro atoms. The molecule has 1 aromatic heterocycles. The van der Waals surface area contributed by atoms with Crippen LogP contribution in [0.4, 0.5) is 4.79 Å². The molecule has 0 saturated heterocycles. The highest BCUT2D eigenvalue weighted by molar-refractivity contribution is 7.90. The number of carbonyl (C=O) groups is 1. The molecule has 1 atom stereocenters. The molecule has 0 aliphatic heterocycles. The Morgan fingerprint density at radius 3 is 2.00 bits per heavy atom. The van der Waals surface area contributed by atoms with E-state index in [1.165, 1.54) is 24.3 Å². The molecule has 0 bridgehead atoms. The van der Waals surface area contributed by atoms with Crippen molar-refractivity contribution in [3.63, 3.8) is 0 Å². The zero-order valence-electron chi connectivity index (χ0n) is 27.5. The average molecular weight is 693 g/mol. The van der Waals surface area contributed by atoms with Crippen LogP contribution in [0.25, 0.3) is 16.7 Å². The Morgan fingerprint density at radius 1 is 0.875 bits per heavy atom. The largest absolute Gasteiger partial charge is 0.377 e. The minimum absolute atomic E-state index is 0.00249. The van der Waals surface area contributed by atoms with E-state index in [1.807, 2.05) is 45.0 Å². The summed E-state index contributed by atoms with van der Waals surface area (Å²) in [5.74, 6) is 0.970. The molecule has 5 aromatic rings. The van der Waals surface area contributed by atoms with E-state index in [2.05, 4.69) is 39.7 Å². The summed E-state index contributed by atoms with van der Waals surface area (Å²) in [6.45, 7) is 8.10. The Bertz CT molecular complexity index is 2080. The van der Waals surface area contributed by atoms with Gasteiger partial charge in [-0.05, 0) is 86.8 Å². The fraction of sp³-hybridized carbons (Fsp3) is 0.257. The van der Waals surface area contributed by atoms with E-state index < -0.39 is 26.2 Å². The molecule has 0 aliphatic carbocycles. The number of urea groups is 1. The maximum atomic E-state index is 12.4. The minimum Gasteiger partial charge on any atom is -0.377 e. The molecule has 0 radical (unpaired) electrons. The van der Waals surface area contributed by atoms with Gasteiger partial charge >= 0.3 is 6.03 Å². The van der Waals surface area contributed by atoms with Crippen molar-refractivity contribution in [1.29, 1.82) is 0 Å². The lowest BCUT2D eigenvalue weighted by atomic mass is 10.1. The Balaban J connectivity index is 0.000000401. The number of nitrogens with zero attached hydrogens (tertiary/aromatic N) is 2. The van der Waals surface area contributed by atoms with Crippen LogP contribution < -0.4 is 10.0 Å². The first-order valence-electron chi connectivity index (χ1n) is 15.3. The number of imidazole rings is 1. The molecule has 5 rings (SSSR count). The van der Waals surface area contributed by atoms with Crippen molar-refractivity contribution < 1.29 is 30.9 Å². The van der Waals surface area contributed by atoms with Crippen LogP contribution in [-0.4, -0.2) is 50.6 Å². The monoisotopic (exact) mass is 692 g/mol. The molecule has 1 heterocycles. The molecule has 11 nitrogen and oxygen atoms in total. The third-order valence-corrected chi connectivity index (χ3v) is 9.87. The van der Waals surface area contributed by atoms with Crippen LogP contribution in [0.2, 0.25) is 0 Å². The van der Waals surface area contributed by atoms with Gasteiger partial charge in [-0.1, -0.05) is 60.5 Å². The van der Waals surface area contributed by atoms with Crippen LogP contribution in [0, 0.1) is 13.8 Å². The molecule has 1 unspecified atom stereocenters. The van der Waals surface area contributed by atoms with Crippen molar-refractivity contribution in [3.05, 3.63) is 119 Å². The van der Waals surface area contributed by atoms with Crippen LogP contribution in [-0.2, 0) is 37.7 Å². The average Bonchev–Trinajstić information content (AvgIpc) is 3.43. The lowest BCUT2D eigenvalue weighted by Gasteiger charge is -2.12. The highest BCUT2D eigenvalue weighted by atomic mass is 32.2. The Labute approximate surface area is 281 Å². The van der Waals surface area contributed by atoms with Crippen LogP contribution >= 0.6 is 0 Å². The van der Waals surface area contributed by atoms with Gasteiger partial charge in [0.25, 0.3) is 20.1 Å². The summed E-state index contributed by atoms with van der Waals surface area (Å²) >= 11 is 0. The second-order valence-electron chi connectivity index (χ2n) is 11.2. The van der Waals surface area contributed by atoms with E-state index in [4.69, 9.17) is 14.3 Å². The third-order valence-electron chi connectivity index (χ3n) is 7.66. The fourth-order valence-electron chi connectivity index (χ4n) is 4.84. The number of hydrogen-bond donors (Lipinski definition) is 3. The number of fused-ring (bicyclic) bond motifs is 1. The van der Waals surface area contributed by atoms with E-state index in [-0.39, 0.29) is 15.9 Å². The predicted octanol–water partition coefficient (Wildman–Crippen LogP) is 6.08. The fourth-order valence-corrected chi connectivity index (χ4v) is 6.25. The number of sulfonamides is 1. The van der Waals surface area contributed by atoms with Gasteiger partial charge in [0, 0.05) is 25.8 Å². The van der Waals surface area contributed by atoms with Crippen molar-refractivity contribution in [3.8, 4) is 5.69 Å². The summed E-state index contributed by atoms with van der Waals surface area (Å²) in [7, 11) is -6.24. The topological polar surface area (TPSA) is 157 Å². The van der Waals surface area contributed by atoms with Crippen LogP contribution in [0.15, 0.2) is 101 Å². The van der Waals surface area contributed by atoms with Crippen molar-refractivity contribution in [2.24, 2.45) is 0 Å². The van der Waals surface area contributed by atoms with Crippen molar-refractivity contribution in [1.82, 2.24) is 19.6 Å². The number of amides is 2. The molecule has 0 saturated carbocycles. The summed E-state index contributed by atoms with van der Waals surface area (Å²) in [6, 6.07) is 25.8. The van der Waals surface area contributed by atoms with Gasteiger partial charge in [-0.25, -0.2) is 22.9 Å².